The van der Waals surface area contributed by atoms with Gasteiger partial charge in [-0.05, 0) is 35.0 Å². The second-order valence-corrected chi connectivity index (χ2v) is 4.92. The molecule has 0 N–H and O–H groups in total. The minimum Gasteiger partial charge on any atom is -0.464 e. The summed E-state index contributed by atoms with van der Waals surface area (Å²) in [5, 5.41) is 6.16. The molecule has 0 unspecified atom stereocenters. The van der Waals surface area contributed by atoms with Gasteiger partial charge in [0.05, 0.1) is 11.6 Å². The molecule has 0 amide bonds. The van der Waals surface area contributed by atoms with Gasteiger partial charge in [0.25, 0.3) is 0 Å². The Balaban J connectivity index is 2.29. The minimum atomic E-state index is -0.522. The number of hydrogen-bond donors (Lipinski definition) is 0. The van der Waals surface area contributed by atoms with E-state index >= 15 is 0 Å². The van der Waals surface area contributed by atoms with Gasteiger partial charge in [-0.2, -0.15) is 5.10 Å². The van der Waals surface area contributed by atoms with Crippen LogP contribution in [0.5, 0.6) is 0 Å². The first-order chi connectivity index (χ1) is 8.63. The van der Waals surface area contributed by atoms with Crippen LogP contribution in [0.1, 0.15) is 13.3 Å². The van der Waals surface area contributed by atoms with E-state index in [9.17, 15) is 4.79 Å². The van der Waals surface area contributed by atoms with Gasteiger partial charge in [0.15, 0.2) is 11.9 Å². The van der Waals surface area contributed by atoms with E-state index in [2.05, 4.69) is 26.0 Å². The SMILES string of the molecule is CCOC(=O)[C@H]1CC(Br)=NN1c1ncccc1Cl. The highest BCUT2D eigenvalue weighted by molar-refractivity contribution is 9.18. The number of rotatable bonds is 3. The van der Waals surface area contributed by atoms with Crippen LogP contribution in [0.4, 0.5) is 5.82 Å². The highest BCUT2D eigenvalue weighted by Gasteiger charge is 2.35. The van der Waals surface area contributed by atoms with Gasteiger partial charge in [-0.1, -0.05) is 11.6 Å². The van der Waals surface area contributed by atoms with E-state index in [4.69, 9.17) is 16.3 Å². The fraction of sp³-hybridized carbons (Fsp3) is 0.364. The Bertz CT molecular complexity index is 495. The molecule has 1 aromatic rings. The molecule has 0 saturated carbocycles. The van der Waals surface area contributed by atoms with Gasteiger partial charge >= 0.3 is 5.97 Å². The van der Waals surface area contributed by atoms with Crippen LogP contribution in [-0.4, -0.2) is 28.2 Å². The van der Waals surface area contributed by atoms with Crippen LogP contribution in [0.3, 0.4) is 0 Å². The van der Waals surface area contributed by atoms with Crippen LogP contribution < -0.4 is 5.01 Å². The normalized spacial score (nSPS) is 18.7. The van der Waals surface area contributed by atoms with Crippen molar-refractivity contribution >= 4 is 43.9 Å². The van der Waals surface area contributed by atoms with E-state index in [1.54, 1.807) is 25.3 Å². The van der Waals surface area contributed by atoms with E-state index in [0.29, 0.717) is 28.5 Å². The maximum atomic E-state index is 11.9. The lowest BCUT2D eigenvalue weighted by atomic mass is 10.2. The number of carbonyl (C=O) groups excluding carboxylic acids is 1. The number of ether oxygens (including phenoxy) is 1. The first-order valence-electron chi connectivity index (χ1n) is 5.43. The first kappa shape index (κ1) is 13.3. The van der Waals surface area contributed by atoms with Gasteiger partial charge < -0.3 is 4.74 Å². The molecule has 96 valence electrons. The molecule has 0 spiro atoms. The number of carbonyl (C=O) groups is 1. The molecule has 2 heterocycles. The number of nitrogens with zero attached hydrogens (tertiary/aromatic N) is 3. The summed E-state index contributed by atoms with van der Waals surface area (Å²) in [6.07, 6.45) is 2.05. The third-order valence-electron chi connectivity index (χ3n) is 2.39. The number of pyridine rings is 1. The quantitative estimate of drug-likeness (QED) is 0.798. The largest absolute Gasteiger partial charge is 0.464 e. The number of aromatic nitrogens is 1. The van der Waals surface area contributed by atoms with Crippen LogP contribution >= 0.6 is 27.5 Å². The summed E-state index contributed by atoms with van der Waals surface area (Å²) in [6, 6.07) is 2.90. The van der Waals surface area contributed by atoms with Crippen LogP contribution in [0.25, 0.3) is 0 Å². The summed E-state index contributed by atoms with van der Waals surface area (Å²) in [4.78, 5) is 16.0. The van der Waals surface area contributed by atoms with Crippen molar-refractivity contribution in [1.29, 1.82) is 0 Å². The van der Waals surface area contributed by atoms with E-state index < -0.39 is 6.04 Å². The molecule has 18 heavy (non-hydrogen) atoms. The number of hydrazone groups is 1. The number of esters is 1. The standard InChI is InChI=1S/C11H11BrClN3O2/c1-2-18-11(17)8-6-9(12)15-16(8)10-7(13)4-3-5-14-10/h3-5,8H,2,6H2,1H3/t8-/m1/s1. The highest BCUT2D eigenvalue weighted by Crippen LogP contribution is 2.30. The number of halogens is 2. The summed E-state index contributed by atoms with van der Waals surface area (Å²) < 4.78 is 5.69. The van der Waals surface area contributed by atoms with Crippen molar-refractivity contribution in [1.82, 2.24) is 4.98 Å². The summed E-state index contributed by atoms with van der Waals surface area (Å²) in [6.45, 7) is 2.09. The van der Waals surface area contributed by atoms with Gasteiger partial charge in [-0.3, -0.25) is 0 Å². The maximum absolute atomic E-state index is 11.9. The van der Waals surface area contributed by atoms with Gasteiger partial charge in [0.1, 0.15) is 4.62 Å². The van der Waals surface area contributed by atoms with Crippen molar-refractivity contribution in [2.75, 3.05) is 11.6 Å². The molecule has 0 radical (unpaired) electrons. The summed E-state index contributed by atoms with van der Waals surface area (Å²) >= 11 is 9.35. The zero-order valence-electron chi connectivity index (χ0n) is 9.64. The Morgan fingerprint density at radius 2 is 2.50 bits per heavy atom. The molecule has 0 bridgehead atoms. The van der Waals surface area contributed by atoms with Crippen molar-refractivity contribution < 1.29 is 9.53 Å². The molecule has 1 aliphatic rings. The molecule has 0 aromatic carbocycles. The summed E-state index contributed by atoms with van der Waals surface area (Å²) in [7, 11) is 0. The Kier molecular flexibility index (Phi) is 4.19. The van der Waals surface area contributed by atoms with Crippen LogP contribution in [0.2, 0.25) is 5.02 Å². The average molecular weight is 333 g/mol. The maximum Gasteiger partial charge on any atom is 0.331 e. The Labute approximate surface area is 118 Å². The van der Waals surface area contributed by atoms with Gasteiger partial charge in [-0.15, -0.1) is 0 Å². The topological polar surface area (TPSA) is 54.8 Å². The van der Waals surface area contributed by atoms with Crippen molar-refractivity contribution in [3.05, 3.63) is 23.4 Å². The zero-order chi connectivity index (χ0) is 13.1. The van der Waals surface area contributed by atoms with Crippen LogP contribution in [0.15, 0.2) is 23.4 Å². The van der Waals surface area contributed by atoms with Crippen molar-refractivity contribution in [3.8, 4) is 0 Å². The van der Waals surface area contributed by atoms with Crippen LogP contribution in [0, 0.1) is 0 Å². The van der Waals surface area contributed by atoms with E-state index in [0.717, 1.165) is 0 Å². The van der Waals surface area contributed by atoms with Crippen molar-refractivity contribution in [3.63, 3.8) is 0 Å². The lowest BCUT2D eigenvalue weighted by molar-refractivity contribution is -0.144. The van der Waals surface area contributed by atoms with Gasteiger partial charge in [-0.25, -0.2) is 14.8 Å². The molecule has 1 aromatic heterocycles. The number of anilines is 1. The third-order valence-corrected chi connectivity index (χ3v) is 3.17. The molecule has 5 nitrogen and oxygen atoms in total. The predicted octanol–water partition coefficient (Wildman–Crippen LogP) is 2.59. The first-order valence-corrected chi connectivity index (χ1v) is 6.60. The summed E-state index contributed by atoms with van der Waals surface area (Å²) in [5.41, 5.74) is 0. The molecule has 7 heteroatoms. The molecular formula is C11H11BrClN3O2. The van der Waals surface area contributed by atoms with Crippen LogP contribution in [-0.2, 0) is 9.53 Å². The lowest BCUT2D eigenvalue weighted by Gasteiger charge is -2.21. The van der Waals surface area contributed by atoms with Gasteiger partial charge in [0, 0.05) is 12.6 Å². The lowest BCUT2D eigenvalue weighted by Crippen LogP contribution is -2.36. The summed E-state index contributed by atoms with van der Waals surface area (Å²) in [5.74, 6) is 0.115. The fourth-order valence-electron chi connectivity index (χ4n) is 1.64. The third kappa shape index (κ3) is 2.64. The molecule has 1 atom stereocenters. The van der Waals surface area contributed by atoms with Crippen molar-refractivity contribution in [2.24, 2.45) is 5.10 Å². The molecule has 0 fully saturated rings. The smallest absolute Gasteiger partial charge is 0.331 e. The van der Waals surface area contributed by atoms with E-state index in [1.807, 2.05) is 0 Å². The van der Waals surface area contributed by atoms with E-state index in [-0.39, 0.29) is 5.97 Å². The second kappa shape index (κ2) is 5.67. The fourth-order valence-corrected chi connectivity index (χ4v) is 2.32. The molecular weight excluding hydrogens is 321 g/mol. The Morgan fingerprint density at radius 1 is 1.72 bits per heavy atom. The highest BCUT2D eigenvalue weighted by atomic mass is 79.9. The molecule has 0 aliphatic carbocycles. The van der Waals surface area contributed by atoms with Gasteiger partial charge in [0.2, 0.25) is 0 Å². The van der Waals surface area contributed by atoms with E-state index in [1.165, 1.54) is 5.01 Å². The average Bonchev–Trinajstić information content (AvgIpc) is 2.72. The monoisotopic (exact) mass is 331 g/mol. The molecule has 1 aliphatic heterocycles. The minimum absolute atomic E-state index is 0.330. The molecule has 2 rings (SSSR count). The number of hydrogen-bond acceptors (Lipinski definition) is 5. The Hall–Kier alpha value is -1.14. The second-order valence-electron chi connectivity index (χ2n) is 3.60. The Morgan fingerprint density at radius 3 is 3.17 bits per heavy atom. The predicted molar refractivity (Wildman–Crippen MR) is 73.1 cm³/mol. The molecule has 0 saturated heterocycles. The van der Waals surface area contributed by atoms with Crippen molar-refractivity contribution in [2.45, 2.75) is 19.4 Å². The zero-order valence-corrected chi connectivity index (χ0v) is 12.0.